The van der Waals surface area contributed by atoms with Crippen molar-refractivity contribution < 1.29 is 28.3 Å². The highest BCUT2D eigenvalue weighted by molar-refractivity contribution is 8.13. The maximum Gasteiger partial charge on any atom is 0.413 e. The number of hydrogen-bond acceptors (Lipinski definition) is 8. The molecular weight excluding hydrogens is 417 g/mol. The van der Waals surface area contributed by atoms with E-state index in [0.717, 1.165) is 12.1 Å². The van der Waals surface area contributed by atoms with E-state index >= 15 is 0 Å². The minimum absolute atomic E-state index is 0.00381. The number of halogens is 1. The lowest BCUT2D eigenvalue weighted by Crippen LogP contribution is -2.45. The Hall–Kier alpha value is -2.24. The highest BCUT2D eigenvalue weighted by Crippen LogP contribution is 2.49. The average molecular weight is 441 g/mol. The van der Waals surface area contributed by atoms with E-state index in [2.05, 4.69) is 10.3 Å². The molecule has 3 unspecified atom stereocenters. The summed E-state index contributed by atoms with van der Waals surface area (Å²) in [4.78, 5) is 27.5. The maximum absolute atomic E-state index is 14.9. The van der Waals surface area contributed by atoms with Crippen LogP contribution in [0.15, 0.2) is 23.2 Å². The summed E-state index contributed by atoms with van der Waals surface area (Å²) in [5.41, 5.74) is -2.11. The molecule has 2 aliphatic rings. The summed E-state index contributed by atoms with van der Waals surface area (Å²) in [6.07, 6.45) is -1.05. The van der Waals surface area contributed by atoms with E-state index in [1.54, 1.807) is 20.8 Å². The highest BCUT2D eigenvalue weighted by atomic mass is 32.2. The lowest BCUT2D eigenvalue weighted by atomic mass is 9.78. The number of ether oxygens (including phenoxy) is 3. The quantitative estimate of drug-likeness (QED) is 0.564. The molecule has 1 aromatic carbocycles. The molecule has 2 heterocycles. The van der Waals surface area contributed by atoms with E-state index in [4.69, 9.17) is 14.2 Å². The molecule has 0 bridgehead atoms. The number of amides is 1. The van der Waals surface area contributed by atoms with Gasteiger partial charge >= 0.3 is 6.09 Å². The molecule has 11 heteroatoms. The Morgan fingerprint density at radius 1 is 1.50 bits per heavy atom. The fourth-order valence-corrected chi connectivity index (χ4v) is 4.80. The zero-order chi connectivity index (χ0) is 22.1. The number of amidine groups is 1. The predicted octanol–water partition coefficient (Wildman–Crippen LogP) is 3.22. The van der Waals surface area contributed by atoms with Gasteiger partial charge in [0, 0.05) is 36.5 Å². The number of aliphatic imine (C=N–C) groups is 1. The molecule has 0 spiro atoms. The Bertz CT molecular complexity index is 874. The van der Waals surface area contributed by atoms with Gasteiger partial charge in [-0.3, -0.25) is 15.4 Å². The second-order valence-electron chi connectivity index (χ2n) is 8.11. The molecule has 0 aliphatic carbocycles. The van der Waals surface area contributed by atoms with Crippen molar-refractivity contribution in [3.05, 3.63) is 39.7 Å². The van der Waals surface area contributed by atoms with E-state index in [0.29, 0.717) is 5.75 Å². The van der Waals surface area contributed by atoms with E-state index < -0.39 is 28.0 Å². The molecule has 3 rings (SSSR count). The number of benzene rings is 1. The van der Waals surface area contributed by atoms with Gasteiger partial charge in [0.2, 0.25) is 0 Å². The molecule has 1 amide bonds. The Morgan fingerprint density at radius 2 is 2.23 bits per heavy atom. The summed E-state index contributed by atoms with van der Waals surface area (Å²) in [7, 11) is 1.53. The van der Waals surface area contributed by atoms with Crippen molar-refractivity contribution in [3.8, 4) is 0 Å². The lowest BCUT2D eigenvalue weighted by molar-refractivity contribution is -0.385. The van der Waals surface area contributed by atoms with Crippen LogP contribution in [0.25, 0.3) is 0 Å². The van der Waals surface area contributed by atoms with Crippen LogP contribution >= 0.6 is 11.8 Å². The molecule has 1 N–H and O–H groups in total. The van der Waals surface area contributed by atoms with Gasteiger partial charge in [0.05, 0.1) is 24.2 Å². The molecule has 0 aromatic heterocycles. The average Bonchev–Trinajstić information content (AvgIpc) is 2.99. The second kappa shape index (κ2) is 8.48. The monoisotopic (exact) mass is 441 g/mol. The molecule has 30 heavy (non-hydrogen) atoms. The van der Waals surface area contributed by atoms with Crippen molar-refractivity contribution in [3.63, 3.8) is 0 Å². The van der Waals surface area contributed by atoms with E-state index in [1.165, 1.54) is 24.9 Å². The van der Waals surface area contributed by atoms with E-state index in [-0.39, 0.29) is 41.7 Å². The Balaban J connectivity index is 2.02. The normalized spacial score (nSPS) is 26.0. The van der Waals surface area contributed by atoms with Crippen molar-refractivity contribution in [2.45, 2.75) is 38.0 Å². The number of nitrogens with zero attached hydrogens (tertiary/aromatic N) is 2. The van der Waals surface area contributed by atoms with Gasteiger partial charge < -0.3 is 14.2 Å². The highest BCUT2D eigenvalue weighted by Gasteiger charge is 2.54. The fraction of sp³-hybridized carbons (Fsp3) is 0.579. The zero-order valence-corrected chi connectivity index (χ0v) is 18.0. The third-order valence-corrected chi connectivity index (χ3v) is 5.84. The zero-order valence-electron chi connectivity index (χ0n) is 17.1. The topological polar surface area (TPSA) is 112 Å². The van der Waals surface area contributed by atoms with Crippen LogP contribution in [0.2, 0.25) is 0 Å². The van der Waals surface area contributed by atoms with Gasteiger partial charge in [-0.1, -0.05) is 11.8 Å². The standard InChI is InChI=1S/C19H24FN3O6S/c1-18(2,3)29-17(24)21-16-22-19(10-28-15(8-27-4)13(19)9-30-16)12-7-11(23(25)26)5-6-14(12)20/h5-7,13,15H,8-10H2,1-4H3,(H,21,22,24). The minimum Gasteiger partial charge on any atom is -0.444 e. The number of nitrogens with one attached hydrogen (secondary N) is 1. The Kier molecular flexibility index (Phi) is 6.34. The molecule has 9 nitrogen and oxygen atoms in total. The third kappa shape index (κ3) is 4.57. The predicted molar refractivity (Wildman–Crippen MR) is 109 cm³/mol. The largest absolute Gasteiger partial charge is 0.444 e. The van der Waals surface area contributed by atoms with Crippen molar-refractivity contribution in [1.29, 1.82) is 0 Å². The molecule has 2 aliphatic heterocycles. The van der Waals surface area contributed by atoms with Gasteiger partial charge in [-0.05, 0) is 26.8 Å². The summed E-state index contributed by atoms with van der Waals surface area (Å²) >= 11 is 1.28. The van der Waals surface area contributed by atoms with Crippen LogP contribution < -0.4 is 5.32 Å². The van der Waals surface area contributed by atoms with Crippen molar-refractivity contribution in [2.24, 2.45) is 10.9 Å². The van der Waals surface area contributed by atoms with Gasteiger partial charge in [0.1, 0.15) is 17.0 Å². The molecule has 1 saturated heterocycles. The number of nitro groups is 1. The number of carbonyl (C=O) groups is 1. The van der Waals surface area contributed by atoms with Crippen LogP contribution in [0.3, 0.4) is 0 Å². The van der Waals surface area contributed by atoms with Crippen LogP contribution in [-0.2, 0) is 19.7 Å². The summed E-state index contributed by atoms with van der Waals surface area (Å²) in [6.45, 7) is 5.48. The molecular formula is C19H24FN3O6S. The van der Waals surface area contributed by atoms with Crippen molar-refractivity contribution in [1.82, 2.24) is 5.32 Å². The fourth-order valence-electron chi connectivity index (χ4n) is 3.59. The Labute approximate surface area is 177 Å². The number of methoxy groups -OCH3 is 1. The molecule has 1 aromatic rings. The summed E-state index contributed by atoms with van der Waals surface area (Å²) < 4.78 is 31.2. The molecule has 0 saturated carbocycles. The first-order chi connectivity index (χ1) is 14.1. The summed E-state index contributed by atoms with van der Waals surface area (Å²) in [5, 5.41) is 14.1. The van der Waals surface area contributed by atoms with Gasteiger partial charge in [-0.25, -0.2) is 14.2 Å². The van der Waals surface area contributed by atoms with Gasteiger partial charge in [0.25, 0.3) is 5.69 Å². The third-order valence-electron chi connectivity index (χ3n) is 4.85. The number of carbonyl (C=O) groups excluding carboxylic acids is 1. The molecule has 1 fully saturated rings. The van der Waals surface area contributed by atoms with Gasteiger partial charge in [0.15, 0.2) is 5.17 Å². The SMILES string of the molecule is COCC1OCC2(c3cc([N+](=O)[O-])ccc3F)N=C(NC(=O)OC(C)(C)C)SCC12. The first kappa shape index (κ1) is 22.4. The van der Waals surface area contributed by atoms with Crippen LogP contribution in [0.1, 0.15) is 26.3 Å². The molecule has 3 atom stereocenters. The number of nitro benzene ring substituents is 1. The van der Waals surface area contributed by atoms with Crippen LogP contribution in [0, 0.1) is 21.8 Å². The number of rotatable bonds is 4. The second-order valence-corrected chi connectivity index (χ2v) is 9.12. The molecule has 0 radical (unpaired) electrons. The first-order valence-electron chi connectivity index (χ1n) is 9.33. The Morgan fingerprint density at radius 3 is 2.87 bits per heavy atom. The minimum atomic E-state index is -1.23. The number of non-ortho nitro benzene ring substituents is 1. The smallest absolute Gasteiger partial charge is 0.413 e. The first-order valence-corrected chi connectivity index (χ1v) is 10.3. The van der Waals surface area contributed by atoms with Crippen molar-refractivity contribution in [2.75, 3.05) is 26.1 Å². The maximum atomic E-state index is 14.9. The van der Waals surface area contributed by atoms with E-state index in [9.17, 15) is 19.3 Å². The number of alkyl carbamates (subject to hydrolysis) is 1. The van der Waals surface area contributed by atoms with Crippen LogP contribution in [0.4, 0.5) is 14.9 Å². The summed E-state index contributed by atoms with van der Waals surface area (Å²) in [5.74, 6) is -0.479. The van der Waals surface area contributed by atoms with Gasteiger partial charge in [-0.15, -0.1) is 0 Å². The van der Waals surface area contributed by atoms with Crippen LogP contribution in [0.5, 0.6) is 0 Å². The van der Waals surface area contributed by atoms with Crippen LogP contribution in [-0.4, -0.2) is 54.0 Å². The molecule has 164 valence electrons. The summed E-state index contributed by atoms with van der Waals surface area (Å²) in [6, 6.07) is 3.35. The number of fused-ring (bicyclic) bond motifs is 1. The number of thioether (sulfide) groups is 1. The van der Waals surface area contributed by atoms with E-state index in [1.807, 2.05) is 0 Å². The van der Waals surface area contributed by atoms with Crippen molar-refractivity contribution >= 4 is 28.7 Å². The number of hydrogen-bond donors (Lipinski definition) is 1. The lowest BCUT2D eigenvalue weighted by Gasteiger charge is -2.36. The van der Waals surface area contributed by atoms with Gasteiger partial charge in [-0.2, -0.15) is 0 Å².